The van der Waals surface area contributed by atoms with Gasteiger partial charge in [0, 0.05) is 29.8 Å². The summed E-state index contributed by atoms with van der Waals surface area (Å²) >= 11 is 0. The van der Waals surface area contributed by atoms with Gasteiger partial charge in [-0.3, -0.25) is 14.6 Å². The molecule has 1 heterocycles. The average Bonchev–Trinajstić information content (AvgIpc) is 2.95. The van der Waals surface area contributed by atoms with Gasteiger partial charge in [0.1, 0.15) is 0 Å². The summed E-state index contributed by atoms with van der Waals surface area (Å²) in [5.74, 6) is -0.968. The Balaban J connectivity index is 1.58. The number of nitrogens with zero attached hydrogens (tertiary/aromatic N) is 2. The molecule has 0 aromatic heterocycles. The topological polar surface area (TPSA) is 137 Å². The summed E-state index contributed by atoms with van der Waals surface area (Å²) in [5, 5.41) is 5.29. The number of aryl methyl sites for hydroxylation is 1. The minimum atomic E-state index is -3.75. The summed E-state index contributed by atoms with van der Waals surface area (Å²) in [4.78, 5) is 44.9. The van der Waals surface area contributed by atoms with E-state index in [4.69, 9.17) is 4.99 Å². The first-order chi connectivity index (χ1) is 17.5. The van der Waals surface area contributed by atoms with Crippen LogP contribution in [0.4, 0.5) is 16.2 Å². The molecule has 1 aliphatic carbocycles. The summed E-state index contributed by atoms with van der Waals surface area (Å²) < 4.78 is 24.8. The SMILES string of the molecule is Cc1ccc(NC(=O)N[C@@H]2N=C(C3CCCCC3)c3ccccc3N(C)C2=O)cc1C(=O)NS(C)(=O)=O. The van der Waals surface area contributed by atoms with Crippen LogP contribution in [0.15, 0.2) is 47.5 Å². The van der Waals surface area contributed by atoms with Crippen LogP contribution in [0, 0.1) is 12.8 Å². The number of likely N-dealkylation sites (N-methyl/N-ethyl adjacent to an activating group) is 1. The van der Waals surface area contributed by atoms with Crippen LogP contribution >= 0.6 is 0 Å². The first kappa shape index (κ1) is 26.3. The van der Waals surface area contributed by atoms with E-state index in [-0.39, 0.29) is 23.1 Å². The van der Waals surface area contributed by atoms with Gasteiger partial charge in [0.15, 0.2) is 0 Å². The number of para-hydroxylation sites is 1. The molecule has 1 saturated carbocycles. The monoisotopic (exact) mass is 525 g/mol. The van der Waals surface area contributed by atoms with E-state index in [0.717, 1.165) is 48.9 Å². The summed E-state index contributed by atoms with van der Waals surface area (Å²) in [5.41, 5.74) is 3.37. The Morgan fingerprint density at radius 3 is 2.46 bits per heavy atom. The molecule has 2 aliphatic rings. The van der Waals surface area contributed by atoms with Crippen molar-refractivity contribution < 1.29 is 22.8 Å². The predicted molar refractivity (Wildman–Crippen MR) is 142 cm³/mol. The minimum absolute atomic E-state index is 0.0987. The molecule has 4 amide bonds. The number of hydrogen-bond acceptors (Lipinski definition) is 6. The van der Waals surface area contributed by atoms with Crippen LogP contribution in [0.3, 0.4) is 0 Å². The van der Waals surface area contributed by atoms with Crippen LogP contribution < -0.4 is 20.3 Å². The molecule has 11 heteroatoms. The van der Waals surface area contributed by atoms with Gasteiger partial charge >= 0.3 is 6.03 Å². The van der Waals surface area contributed by atoms with Crippen molar-refractivity contribution in [2.45, 2.75) is 45.2 Å². The number of hydrogen-bond donors (Lipinski definition) is 3. The molecule has 0 bridgehead atoms. The number of sulfonamides is 1. The van der Waals surface area contributed by atoms with Gasteiger partial charge in [0.2, 0.25) is 16.2 Å². The minimum Gasteiger partial charge on any atom is -0.311 e. The first-order valence-corrected chi connectivity index (χ1v) is 14.1. The van der Waals surface area contributed by atoms with Crippen molar-refractivity contribution in [1.29, 1.82) is 0 Å². The lowest BCUT2D eigenvalue weighted by atomic mass is 9.83. The van der Waals surface area contributed by atoms with Crippen LogP contribution in [-0.2, 0) is 14.8 Å². The second-order valence-corrected chi connectivity index (χ2v) is 11.2. The molecule has 1 atom stereocenters. The second kappa shape index (κ2) is 10.7. The summed E-state index contributed by atoms with van der Waals surface area (Å²) in [6.45, 7) is 1.65. The average molecular weight is 526 g/mol. The Hall–Kier alpha value is -3.73. The highest BCUT2D eigenvalue weighted by Crippen LogP contribution is 2.33. The molecule has 3 N–H and O–H groups in total. The molecular weight excluding hydrogens is 494 g/mol. The highest BCUT2D eigenvalue weighted by atomic mass is 32.2. The van der Waals surface area contributed by atoms with Gasteiger partial charge in [-0.1, -0.05) is 43.5 Å². The molecule has 0 spiro atoms. The normalized spacial score (nSPS) is 18.4. The number of benzodiazepines with no additional fused rings is 1. The third-order valence-electron chi connectivity index (χ3n) is 6.65. The molecular formula is C26H31N5O5S. The number of urea groups is 1. The van der Waals surface area contributed by atoms with Gasteiger partial charge in [-0.2, -0.15) is 0 Å². The van der Waals surface area contributed by atoms with Gasteiger partial charge < -0.3 is 15.5 Å². The van der Waals surface area contributed by atoms with Crippen molar-refractivity contribution in [2.75, 3.05) is 23.5 Å². The van der Waals surface area contributed by atoms with Crippen LogP contribution in [-0.4, -0.2) is 51.4 Å². The van der Waals surface area contributed by atoms with Crippen LogP contribution in [0.5, 0.6) is 0 Å². The number of aliphatic imine (C=N–C) groups is 1. The molecule has 1 aliphatic heterocycles. The Bertz CT molecular complexity index is 1370. The maximum absolute atomic E-state index is 13.3. The fourth-order valence-electron chi connectivity index (χ4n) is 4.80. The quantitative estimate of drug-likeness (QED) is 0.551. The van der Waals surface area contributed by atoms with E-state index in [1.807, 2.05) is 29.0 Å². The van der Waals surface area contributed by atoms with Gasteiger partial charge in [0.05, 0.1) is 17.7 Å². The molecule has 2 aromatic rings. The number of fused-ring (bicyclic) bond motifs is 1. The van der Waals surface area contributed by atoms with Crippen LogP contribution in [0.25, 0.3) is 0 Å². The third-order valence-corrected chi connectivity index (χ3v) is 7.21. The molecule has 0 radical (unpaired) electrons. The number of carbonyl (C=O) groups excluding carboxylic acids is 3. The zero-order chi connectivity index (χ0) is 26.7. The lowest BCUT2D eigenvalue weighted by Crippen LogP contribution is -2.47. The number of rotatable bonds is 5. The number of nitrogens with one attached hydrogen (secondary N) is 3. The Labute approximate surface area is 216 Å². The summed E-state index contributed by atoms with van der Waals surface area (Å²) in [7, 11) is -2.09. The Morgan fingerprint density at radius 1 is 1.05 bits per heavy atom. The highest BCUT2D eigenvalue weighted by Gasteiger charge is 2.33. The van der Waals surface area contributed by atoms with Crippen molar-refractivity contribution in [3.05, 3.63) is 59.2 Å². The largest absolute Gasteiger partial charge is 0.321 e. The van der Waals surface area contributed by atoms with Crippen molar-refractivity contribution in [2.24, 2.45) is 10.9 Å². The van der Waals surface area contributed by atoms with E-state index in [1.165, 1.54) is 17.4 Å². The number of anilines is 2. The van der Waals surface area contributed by atoms with Gasteiger partial charge in [-0.25, -0.2) is 17.9 Å². The molecule has 1 fully saturated rings. The lowest BCUT2D eigenvalue weighted by molar-refractivity contribution is -0.119. The fraction of sp³-hybridized carbons (Fsp3) is 0.385. The van der Waals surface area contributed by atoms with Gasteiger partial charge in [-0.05, 0) is 43.5 Å². The molecule has 0 saturated heterocycles. The standard InChI is InChI=1S/C26H31N5O5S/c1-16-13-14-18(15-20(16)24(32)30-37(3,35)36)27-26(34)29-23-25(33)31(2)21-12-8-7-11-19(21)22(28-23)17-9-5-4-6-10-17/h7-8,11-15,17,23H,4-6,9-10H2,1-3H3,(H,30,32)(H2,27,29,34)/t23-/m0/s1. The van der Waals surface area contributed by atoms with Crippen molar-refractivity contribution in [1.82, 2.24) is 10.0 Å². The Kier molecular flexibility index (Phi) is 7.63. The first-order valence-electron chi connectivity index (χ1n) is 12.2. The summed E-state index contributed by atoms with van der Waals surface area (Å²) in [6, 6.07) is 11.5. The molecule has 4 rings (SSSR count). The third kappa shape index (κ3) is 6.16. The predicted octanol–water partition coefficient (Wildman–Crippen LogP) is 3.18. The number of carbonyl (C=O) groups is 3. The van der Waals surface area contributed by atoms with E-state index in [9.17, 15) is 22.8 Å². The maximum Gasteiger partial charge on any atom is 0.321 e. The molecule has 2 aromatic carbocycles. The second-order valence-electron chi connectivity index (χ2n) is 9.50. The number of benzene rings is 2. The molecule has 37 heavy (non-hydrogen) atoms. The van der Waals surface area contributed by atoms with E-state index >= 15 is 0 Å². The zero-order valence-electron chi connectivity index (χ0n) is 21.1. The van der Waals surface area contributed by atoms with Gasteiger partial charge in [-0.15, -0.1) is 0 Å². The number of amides is 4. The molecule has 196 valence electrons. The van der Waals surface area contributed by atoms with Crippen LogP contribution in [0.2, 0.25) is 0 Å². The molecule has 0 unspecified atom stereocenters. The lowest BCUT2D eigenvalue weighted by Gasteiger charge is -2.25. The fourth-order valence-corrected chi connectivity index (χ4v) is 5.25. The maximum atomic E-state index is 13.3. The van der Waals surface area contributed by atoms with E-state index in [1.54, 1.807) is 26.1 Å². The van der Waals surface area contributed by atoms with Gasteiger partial charge in [0.25, 0.3) is 11.8 Å². The van der Waals surface area contributed by atoms with E-state index < -0.39 is 28.1 Å². The van der Waals surface area contributed by atoms with E-state index in [2.05, 4.69) is 10.6 Å². The smallest absolute Gasteiger partial charge is 0.311 e. The molecule has 10 nitrogen and oxygen atoms in total. The summed E-state index contributed by atoms with van der Waals surface area (Å²) in [6.07, 6.45) is 5.07. The van der Waals surface area contributed by atoms with Crippen molar-refractivity contribution in [3.8, 4) is 0 Å². The van der Waals surface area contributed by atoms with Crippen molar-refractivity contribution in [3.63, 3.8) is 0 Å². The van der Waals surface area contributed by atoms with E-state index in [0.29, 0.717) is 5.56 Å². The zero-order valence-corrected chi connectivity index (χ0v) is 21.9. The van der Waals surface area contributed by atoms with Crippen LogP contribution in [0.1, 0.15) is 53.6 Å². The Morgan fingerprint density at radius 2 is 1.76 bits per heavy atom. The highest BCUT2D eigenvalue weighted by molar-refractivity contribution is 7.89. The van der Waals surface area contributed by atoms with Crippen molar-refractivity contribution >= 4 is 45.0 Å².